The third kappa shape index (κ3) is 4.40. The minimum atomic E-state index is 0.367. The van der Waals surface area contributed by atoms with Gasteiger partial charge in [-0.3, -0.25) is 0 Å². The third-order valence-corrected chi connectivity index (χ3v) is 4.29. The maximum absolute atomic E-state index is 5.73. The van der Waals surface area contributed by atoms with E-state index in [1.165, 1.54) is 32.1 Å². The first-order chi connectivity index (χ1) is 10.1. The Balaban J connectivity index is 2.26. The number of hydrogen-bond donors (Lipinski definition) is 1. The molecule has 1 fully saturated rings. The molecule has 1 aliphatic carbocycles. The van der Waals surface area contributed by atoms with Gasteiger partial charge >= 0.3 is 0 Å². The molecule has 0 amide bonds. The molecule has 2 rings (SSSR count). The smallest absolute Gasteiger partial charge is 0.133 e. The highest BCUT2D eigenvalue weighted by Gasteiger charge is 2.23. The van der Waals surface area contributed by atoms with Gasteiger partial charge in [0.15, 0.2) is 0 Å². The van der Waals surface area contributed by atoms with Crippen LogP contribution in [0, 0.1) is 6.92 Å². The molecule has 1 saturated carbocycles. The zero-order valence-electron chi connectivity index (χ0n) is 13.8. The molecule has 1 aromatic heterocycles. The van der Waals surface area contributed by atoms with Gasteiger partial charge in [-0.25, -0.2) is 9.97 Å². The van der Waals surface area contributed by atoms with Gasteiger partial charge in [-0.15, -0.1) is 0 Å². The summed E-state index contributed by atoms with van der Waals surface area (Å²) < 4.78 is 0. The van der Waals surface area contributed by atoms with Crippen molar-refractivity contribution in [2.75, 3.05) is 18.0 Å². The number of aryl methyl sites for hydroxylation is 1. The first-order valence-corrected chi connectivity index (χ1v) is 8.44. The quantitative estimate of drug-likeness (QED) is 0.872. The average molecular weight is 290 g/mol. The molecule has 1 heterocycles. The van der Waals surface area contributed by atoms with E-state index in [9.17, 15) is 0 Å². The summed E-state index contributed by atoms with van der Waals surface area (Å²) in [5.41, 5.74) is 6.80. The van der Waals surface area contributed by atoms with E-state index in [2.05, 4.69) is 36.7 Å². The van der Waals surface area contributed by atoms with Crippen molar-refractivity contribution >= 4 is 5.82 Å². The van der Waals surface area contributed by atoms with E-state index >= 15 is 0 Å². The van der Waals surface area contributed by atoms with E-state index in [4.69, 9.17) is 10.7 Å². The topological polar surface area (TPSA) is 55.0 Å². The number of nitrogens with zero attached hydrogens (tertiary/aromatic N) is 3. The second-order valence-corrected chi connectivity index (χ2v) is 6.51. The second kappa shape index (κ2) is 7.74. The summed E-state index contributed by atoms with van der Waals surface area (Å²) in [5, 5.41) is 0. The van der Waals surface area contributed by atoms with E-state index in [1.54, 1.807) is 0 Å². The third-order valence-electron chi connectivity index (χ3n) is 4.29. The highest BCUT2D eigenvalue weighted by molar-refractivity contribution is 5.41. The molecule has 0 aliphatic heterocycles. The Labute approximate surface area is 129 Å². The van der Waals surface area contributed by atoms with Gasteiger partial charge in [0.1, 0.15) is 11.6 Å². The predicted octanol–water partition coefficient (Wildman–Crippen LogP) is 3.40. The molecule has 0 radical (unpaired) electrons. The molecule has 118 valence electrons. The molecule has 1 aliphatic rings. The first-order valence-electron chi connectivity index (χ1n) is 8.44. The number of anilines is 1. The Morgan fingerprint density at radius 2 is 1.95 bits per heavy atom. The van der Waals surface area contributed by atoms with Gasteiger partial charge in [0.2, 0.25) is 0 Å². The van der Waals surface area contributed by atoms with Crippen molar-refractivity contribution < 1.29 is 0 Å². The number of aromatic nitrogens is 2. The van der Waals surface area contributed by atoms with E-state index in [-0.39, 0.29) is 0 Å². The summed E-state index contributed by atoms with van der Waals surface area (Å²) in [6, 6.07) is 2.76. The van der Waals surface area contributed by atoms with Gasteiger partial charge in [0, 0.05) is 30.3 Å². The number of hydrogen-bond acceptors (Lipinski definition) is 4. The van der Waals surface area contributed by atoms with Crippen molar-refractivity contribution in [1.82, 2.24) is 9.97 Å². The summed E-state index contributed by atoms with van der Waals surface area (Å²) in [6.07, 6.45) is 7.64. The van der Waals surface area contributed by atoms with Crippen molar-refractivity contribution in [2.45, 2.75) is 71.3 Å². The van der Waals surface area contributed by atoms with Crippen LogP contribution in [0.1, 0.15) is 69.8 Å². The van der Waals surface area contributed by atoms with Crippen molar-refractivity contribution in [2.24, 2.45) is 5.73 Å². The fourth-order valence-corrected chi connectivity index (χ4v) is 3.12. The lowest BCUT2D eigenvalue weighted by Gasteiger charge is -2.35. The molecule has 21 heavy (non-hydrogen) atoms. The molecule has 4 nitrogen and oxygen atoms in total. The van der Waals surface area contributed by atoms with Crippen LogP contribution in [0.5, 0.6) is 0 Å². The minimum absolute atomic E-state index is 0.367. The highest BCUT2D eigenvalue weighted by Crippen LogP contribution is 2.27. The van der Waals surface area contributed by atoms with E-state index in [0.29, 0.717) is 12.0 Å². The predicted molar refractivity (Wildman–Crippen MR) is 88.7 cm³/mol. The van der Waals surface area contributed by atoms with Crippen LogP contribution in [-0.2, 0) is 0 Å². The molecular weight excluding hydrogens is 260 g/mol. The first kappa shape index (κ1) is 16.2. The minimum Gasteiger partial charge on any atom is -0.353 e. The zero-order chi connectivity index (χ0) is 15.2. The fraction of sp³-hybridized carbons (Fsp3) is 0.765. The summed E-state index contributed by atoms with van der Waals surface area (Å²) in [7, 11) is 0. The van der Waals surface area contributed by atoms with Crippen LogP contribution in [0.3, 0.4) is 0 Å². The SMILES string of the molecule is Cc1cc(N(CCCN)C2CCCCC2)nc(C(C)C)n1. The Hall–Kier alpha value is -1.16. The van der Waals surface area contributed by atoms with Crippen LogP contribution in [0.2, 0.25) is 0 Å². The van der Waals surface area contributed by atoms with Crippen LogP contribution in [0.15, 0.2) is 6.07 Å². The van der Waals surface area contributed by atoms with E-state index in [0.717, 1.165) is 36.8 Å². The average Bonchev–Trinajstić information content (AvgIpc) is 2.48. The largest absolute Gasteiger partial charge is 0.353 e. The van der Waals surface area contributed by atoms with Gasteiger partial charge in [0.25, 0.3) is 0 Å². The normalized spacial score (nSPS) is 16.4. The van der Waals surface area contributed by atoms with Crippen LogP contribution < -0.4 is 10.6 Å². The lowest BCUT2D eigenvalue weighted by Crippen LogP contribution is -2.39. The second-order valence-electron chi connectivity index (χ2n) is 6.51. The van der Waals surface area contributed by atoms with Crippen LogP contribution in [0.25, 0.3) is 0 Å². The zero-order valence-corrected chi connectivity index (χ0v) is 13.8. The Bertz CT molecular complexity index is 438. The van der Waals surface area contributed by atoms with E-state index in [1.807, 2.05) is 0 Å². The molecule has 1 aromatic rings. The van der Waals surface area contributed by atoms with Gasteiger partial charge in [-0.2, -0.15) is 0 Å². The van der Waals surface area contributed by atoms with Crippen molar-refractivity contribution in [1.29, 1.82) is 0 Å². The van der Waals surface area contributed by atoms with Gasteiger partial charge in [-0.05, 0) is 32.7 Å². The standard InChI is InChI=1S/C17H30N4/c1-13(2)17-19-14(3)12-16(20-17)21(11-7-10-18)15-8-5-4-6-9-15/h12-13,15H,4-11,18H2,1-3H3. The summed E-state index contributed by atoms with van der Waals surface area (Å²) >= 11 is 0. The Morgan fingerprint density at radius 1 is 1.24 bits per heavy atom. The molecule has 2 N–H and O–H groups in total. The molecule has 0 aromatic carbocycles. The molecule has 0 bridgehead atoms. The summed E-state index contributed by atoms with van der Waals surface area (Å²) in [5.74, 6) is 2.43. The maximum Gasteiger partial charge on any atom is 0.133 e. The van der Waals surface area contributed by atoms with Crippen LogP contribution in [-0.4, -0.2) is 29.1 Å². The molecule has 0 atom stereocenters. The highest BCUT2D eigenvalue weighted by atomic mass is 15.2. The monoisotopic (exact) mass is 290 g/mol. The number of rotatable bonds is 6. The van der Waals surface area contributed by atoms with E-state index < -0.39 is 0 Å². The summed E-state index contributed by atoms with van der Waals surface area (Å²) in [4.78, 5) is 11.9. The van der Waals surface area contributed by atoms with Crippen LogP contribution >= 0.6 is 0 Å². The Morgan fingerprint density at radius 3 is 2.57 bits per heavy atom. The Kier molecular flexibility index (Phi) is 5.97. The van der Waals surface area contributed by atoms with Crippen molar-refractivity contribution in [3.05, 3.63) is 17.6 Å². The van der Waals surface area contributed by atoms with Crippen molar-refractivity contribution in [3.63, 3.8) is 0 Å². The summed E-state index contributed by atoms with van der Waals surface area (Å²) in [6.45, 7) is 8.13. The lowest BCUT2D eigenvalue weighted by atomic mass is 9.94. The maximum atomic E-state index is 5.73. The number of nitrogens with two attached hydrogens (primary N) is 1. The molecule has 0 saturated heterocycles. The molecule has 0 spiro atoms. The van der Waals surface area contributed by atoms with Gasteiger partial charge < -0.3 is 10.6 Å². The van der Waals surface area contributed by atoms with Gasteiger partial charge in [0.05, 0.1) is 0 Å². The molecule has 0 unspecified atom stereocenters. The fourth-order valence-electron chi connectivity index (χ4n) is 3.12. The van der Waals surface area contributed by atoms with Crippen LogP contribution in [0.4, 0.5) is 5.82 Å². The molecule has 4 heteroatoms. The van der Waals surface area contributed by atoms with Gasteiger partial charge in [-0.1, -0.05) is 33.1 Å². The molecular formula is C17H30N4. The van der Waals surface area contributed by atoms with Crippen molar-refractivity contribution in [3.8, 4) is 0 Å². The lowest BCUT2D eigenvalue weighted by molar-refractivity contribution is 0.410.